The summed E-state index contributed by atoms with van der Waals surface area (Å²) in [6.45, 7) is 0.318. The van der Waals surface area contributed by atoms with Crippen LogP contribution < -0.4 is 0 Å². The fraction of sp³-hybridized carbons (Fsp3) is 0.429. The average molecular weight is 235 g/mol. The van der Waals surface area contributed by atoms with E-state index in [4.69, 9.17) is 5.11 Å². The van der Waals surface area contributed by atoms with E-state index in [0.717, 1.165) is 24.8 Å². The number of rotatable bonds is 6. The van der Waals surface area contributed by atoms with Gasteiger partial charge in [0.15, 0.2) is 0 Å². The molecule has 3 heteroatoms. The van der Waals surface area contributed by atoms with E-state index >= 15 is 0 Å². The number of benzene rings is 1. The SMILES string of the molecule is OCCCCc1cn(CCF)c2ccccc12. The number of hydrogen-bond acceptors (Lipinski definition) is 1. The molecule has 0 amide bonds. The summed E-state index contributed by atoms with van der Waals surface area (Å²) in [4.78, 5) is 0. The summed E-state index contributed by atoms with van der Waals surface area (Å²) >= 11 is 0. The number of fused-ring (bicyclic) bond motifs is 1. The first-order valence-electron chi connectivity index (χ1n) is 6.10. The molecule has 1 heterocycles. The highest BCUT2D eigenvalue weighted by Crippen LogP contribution is 2.22. The number of alkyl halides is 1. The van der Waals surface area contributed by atoms with E-state index < -0.39 is 0 Å². The molecular formula is C14H18FNO. The maximum absolute atomic E-state index is 12.5. The Morgan fingerprint density at radius 1 is 1.18 bits per heavy atom. The lowest BCUT2D eigenvalue weighted by Gasteiger charge is -1.99. The van der Waals surface area contributed by atoms with Crippen LogP contribution in [-0.2, 0) is 13.0 Å². The van der Waals surface area contributed by atoms with Gasteiger partial charge in [0.1, 0.15) is 6.67 Å². The zero-order chi connectivity index (χ0) is 12.1. The third-order valence-corrected chi connectivity index (χ3v) is 3.05. The van der Waals surface area contributed by atoms with Crippen LogP contribution in [0.5, 0.6) is 0 Å². The molecule has 17 heavy (non-hydrogen) atoms. The van der Waals surface area contributed by atoms with Crippen LogP contribution in [0.4, 0.5) is 4.39 Å². The van der Waals surface area contributed by atoms with E-state index in [1.807, 2.05) is 29.0 Å². The number of nitrogens with zero attached hydrogens (tertiary/aromatic N) is 1. The zero-order valence-corrected chi connectivity index (χ0v) is 9.90. The molecule has 0 spiro atoms. The van der Waals surface area contributed by atoms with Crippen LogP contribution in [0.25, 0.3) is 10.9 Å². The van der Waals surface area contributed by atoms with Gasteiger partial charge in [0, 0.05) is 23.7 Å². The molecule has 0 unspecified atom stereocenters. The molecule has 0 saturated carbocycles. The highest BCUT2D eigenvalue weighted by Gasteiger charge is 2.07. The monoisotopic (exact) mass is 235 g/mol. The summed E-state index contributed by atoms with van der Waals surface area (Å²) in [6.07, 6.45) is 4.78. The minimum absolute atomic E-state index is 0.239. The molecule has 0 aliphatic carbocycles. The number of unbranched alkanes of at least 4 members (excludes halogenated alkanes) is 1. The van der Waals surface area contributed by atoms with Crippen LogP contribution in [0.2, 0.25) is 0 Å². The summed E-state index contributed by atoms with van der Waals surface area (Å²) in [7, 11) is 0. The van der Waals surface area contributed by atoms with E-state index in [9.17, 15) is 4.39 Å². The van der Waals surface area contributed by atoms with Crippen LogP contribution in [0.1, 0.15) is 18.4 Å². The highest BCUT2D eigenvalue weighted by atomic mass is 19.1. The van der Waals surface area contributed by atoms with Crippen molar-refractivity contribution < 1.29 is 9.50 Å². The van der Waals surface area contributed by atoms with Crippen molar-refractivity contribution in [3.8, 4) is 0 Å². The maximum atomic E-state index is 12.5. The van der Waals surface area contributed by atoms with E-state index in [0.29, 0.717) is 6.54 Å². The van der Waals surface area contributed by atoms with Gasteiger partial charge in [0.2, 0.25) is 0 Å². The molecular weight excluding hydrogens is 217 g/mol. The van der Waals surface area contributed by atoms with Crippen molar-refractivity contribution >= 4 is 10.9 Å². The highest BCUT2D eigenvalue weighted by molar-refractivity contribution is 5.83. The van der Waals surface area contributed by atoms with Gasteiger partial charge in [0.05, 0.1) is 6.54 Å². The van der Waals surface area contributed by atoms with Crippen molar-refractivity contribution in [1.29, 1.82) is 0 Å². The van der Waals surface area contributed by atoms with E-state index in [1.54, 1.807) is 0 Å². The quantitative estimate of drug-likeness (QED) is 0.765. The van der Waals surface area contributed by atoms with Crippen LogP contribution in [0.3, 0.4) is 0 Å². The van der Waals surface area contributed by atoms with Crippen LogP contribution in [0.15, 0.2) is 30.5 Å². The molecule has 2 nitrogen and oxygen atoms in total. The van der Waals surface area contributed by atoms with Crippen LogP contribution in [0, 0.1) is 0 Å². The van der Waals surface area contributed by atoms with Crippen molar-refractivity contribution in [2.24, 2.45) is 0 Å². The molecule has 0 fully saturated rings. The fourth-order valence-electron chi connectivity index (χ4n) is 2.23. The Bertz CT molecular complexity index is 478. The Morgan fingerprint density at radius 3 is 2.76 bits per heavy atom. The summed E-state index contributed by atoms with van der Waals surface area (Å²) in [5.41, 5.74) is 2.35. The molecule has 0 radical (unpaired) electrons. The smallest absolute Gasteiger partial charge is 0.107 e. The molecule has 0 aliphatic heterocycles. The molecule has 0 atom stereocenters. The van der Waals surface area contributed by atoms with Gasteiger partial charge in [-0.05, 0) is 30.9 Å². The zero-order valence-electron chi connectivity index (χ0n) is 9.90. The van der Waals surface area contributed by atoms with E-state index in [1.165, 1.54) is 10.9 Å². The molecule has 1 N–H and O–H groups in total. The number of para-hydroxylation sites is 1. The average Bonchev–Trinajstić information content (AvgIpc) is 2.70. The minimum Gasteiger partial charge on any atom is -0.396 e. The molecule has 2 aromatic rings. The van der Waals surface area contributed by atoms with Gasteiger partial charge in [-0.1, -0.05) is 18.2 Å². The van der Waals surface area contributed by atoms with Gasteiger partial charge in [-0.3, -0.25) is 0 Å². The summed E-state index contributed by atoms with van der Waals surface area (Å²) in [5.74, 6) is 0. The van der Waals surface area contributed by atoms with Crippen molar-refractivity contribution in [1.82, 2.24) is 4.57 Å². The lowest BCUT2D eigenvalue weighted by Crippen LogP contribution is -1.96. The van der Waals surface area contributed by atoms with Crippen molar-refractivity contribution in [3.05, 3.63) is 36.0 Å². The van der Waals surface area contributed by atoms with Gasteiger partial charge in [-0.25, -0.2) is 4.39 Å². The molecule has 92 valence electrons. The lowest BCUT2D eigenvalue weighted by atomic mass is 10.1. The van der Waals surface area contributed by atoms with E-state index in [2.05, 4.69) is 6.07 Å². The van der Waals surface area contributed by atoms with Crippen molar-refractivity contribution in [3.63, 3.8) is 0 Å². The third kappa shape index (κ3) is 2.67. The molecule has 0 aliphatic rings. The predicted molar refractivity (Wildman–Crippen MR) is 67.9 cm³/mol. The normalized spacial score (nSPS) is 11.2. The molecule has 0 saturated heterocycles. The van der Waals surface area contributed by atoms with Crippen molar-refractivity contribution in [2.45, 2.75) is 25.8 Å². The summed E-state index contributed by atoms with van der Waals surface area (Å²) in [5, 5.41) is 10.00. The second-order valence-electron chi connectivity index (χ2n) is 4.23. The summed E-state index contributed by atoms with van der Waals surface area (Å²) in [6, 6.07) is 8.10. The summed E-state index contributed by atoms with van der Waals surface area (Å²) < 4.78 is 14.4. The van der Waals surface area contributed by atoms with Gasteiger partial charge < -0.3 is 9.67 Å². The Balaban J connectivity index is 2.28. The van der Waals surface area contributed by atoms with Gasteiger partial charge >= 0.3 is 0 Å². The molecule has 2 rings (SSSR count). The largest absolute Gasteiger partial charge is 0.396 e. The number of halogens is 1. The fourth-order valence-corrected chi connectivity index (χ4v) is 2.23. The topological polar surface area (TPSA) is 25.2 Å². The third-order valence-electron chi connectivity index (χ3n) is 3.05. The lowest BCUT2D eigenvalue weighted by molar-refractivity contribution is 0.284. The van der Waals surface area contributed by atoms with Crippen LogP contribution >= 0.6 is 0 Å². The van der Waals surface area contributed by atoms with Gasteiger partial charge in [-0.15, -0.1) is 0 Å². The molecule has 1 aromatic heterocycles. The predicted octanol–water partition coefficient (Wildman–Crippen LogP) is 2.93. The Morgan fingerprint density at radius 2 is 2.00 bits per heavy atom. The van der Waals surface area contributed by atoms with E-state index in [-0.39, 0.29) is 13.3 Å². The number of hydrogen-bond donors (Lipinski definition) is 1. The maximum Gasteiger partial charge on any atom is 0.107 e. The number of aromatic nitrogens is 1. The minimum atomic E-state index is -0.339. The number of aryl methyl sites for hydroxylation is 2. The Hall–Kier alpha value is -1.35. The van der Waals surface area contributed by atoms with Gasteiger partial charge in [-0.2, -0.15) is 0 Å². The first-order valence-corrected chi connectivity index (χ1v) is 6.10. The standard InChI is InChI=1S/C14H18FNO/c15-8-9-16-11-12(5-3-4-10-17)13-6-1-2-7-14(13)16/h1-2,6-7,11,17H,3-5,8-10H2. The van der Waals surface area contributed by atoms with Crippen molar-refractivity contribution in [2.75, 3.05) is 13.3 Å². The van der Waals surface area contributed by atoms with Gasteiger partial charge in [0.25, 0.3) is 0 Å². The second-order valence-corrected chi connectivity index (χ2v) is 4.23. The first kappa shape index (κ1) is 12.1. The second kappa shape index (κ2) is 5.82. The molecule has 1 aromatic carbocycles. The first-order chi connectivity index (χ1) is 8.36. The number of aliphatic hydroxyl groups is 1. The number of aliphatic hydroxyl groups excluding tert-OH is 1. The molecule has 0 bridgehead atoms. The Kier molecular flexibility index (Phi) is 4.15. The Labute approximate surface area is 101 Å². The van der Waals surface area contributed by atoms with Crippen LogP contribution in [-0.4, -0.2) is 23.0 Å².